The summed E-state index contributed by atoms with van der Waals surface area (Å²) in [5, 5.41) is 19.9. The summed E-state index contributed by atoms with van der Waals surface area (Å²) in [6.45, 7) is 4.00. The molecule has 2 rings (SSSR count). The second-order valence-corrected chi connectivity index (χ2v) is 5.69. The molecule has 0 fully saturated rings. The van der Waals surface area contributed by atoms with Crippen molar-refractivity contribution in [3.8, 4) is 11.8 Å². The second-order valence-electron chi connectivity index (χ2n) is 4.69. The van der Waals surface area contributed by atoms with Crippen LogP contribution in [0.25, 0.3) is 0 Å². The Balaban J connectivity index is 2.00. The van der Waals surface area contributed by atoms with Gasteiger partial charge in [-0.3, -0.25) is 4.90 Å². The molecule has 0 aliphatic heterocycles. The van der Waals surface area contributed by atoms with E-state index in [9.17, 15) is 5.11 Å². The number of nitrogens with zero attached hydrogens (tertiary/aromatic N) is 2. The van der Waals surface area contributed by atoms with Crippen LogP contribution in [0.3, 0.4) is 0 Å². The van der Waals surface area contributed by atoms with E-state index < -0.39 is 0 Å². The molecule has 2 heterocycles. The third-order valence-electron chi connectivity index (χ3n) is 2.91. The van der Waals surface area contributed by atoms with E-state index >= 15 is 0 Å². The van der Waals surface area contributed by atoms with Crippen LogP contribution >= 0.6 is 11.3 Å². The molecule has 0 aliphatic rings. The molecule has 0 amide bonds. The molecule has 5 nitrogen and oxygen atoms in total. The zero-order chi connectivity index (χ0) is 15.1. The van der Waals surface area contributed by atoms with E-state index in [4.69, 9.17) is 5.11 Å². The van der Waals surface area contributed by atoms with Crippen LogP contribution in [-0.2, 0) is 13.1 Å². The van der Waals surface area contributed by atoms with Crippen LogP contribution in [0, 0.1) is 18.8 Å². The van der Waals surface area contributed by atoms with E-state index in [1.165, 1.54) is 4.88 Å². The molecule has 0 saturated heterocycles. The second kappa shape index (κ2) is 7.96. The van der Waals surface area contributed by atoms with Gasteiger partial charge in [0.05, 0.1) is 6.61 Å². The normalized spacial score (nSPS) is 10.7. The summed E-state index contributed by atoms with van der Waals surface area (Å²) in [6, 6.07) is 2.02. The molecular weight excluding hydrogens is 286 g/mol. The first-order chi connectivity index (χ1) is 10.2. The molecule has 2 aromatic heterocycles. The van der Waals surface area contributed by atoms with Gasteiger partial charge in [0.15, 0.2) is 0 Å². The number of imidazole rings is 1. The van der Waals surface area contributed by atoms with Crippen molar-refractivity contribution in [2.24, 2.45) is 0 Å². The minimum Gasteiger partial charge on any atom is -0.395 e. The lowest BCUT2D eigenvalue weighted by Crippen LogP contribution is -2.25. The lowest BCUT2D eigenvalue weighted by atomic mass is 10.3. The maximum Gasteiger partial charge on any atom is 0.104 e. The summed E-state index contributed by atoms with van der Waals surface area (Å²) >= 11 is 1.64. The number of rotatable bonds is 6. The Labute approximate surface area is 128 Å². The number of aromatic amines is 1. The van der Waals surface area contributed by atoms with Gasteiger partial charge in [-0.05, 0) is 13.0 Å². The number of H-pyrrole nitrogens is 1. The maximum absolute atomic E-state index is 9.21. The first-order valence-electron chi connectivity index (χ1n) is 6.72. The molecule has 0 bridgehead atoms. The number of thiophene rings is 1. The minimum absolute atomic E-state index is 0.121. The number of hydrogen-bond donors (Lipinski definition) is 3. The number of nitrogens with one attached hydrogen (secondary N) is 1. The molecular formula is C15H19N3O2S. The Morgan fingerprint density at radius 1 is 1.38 bits per heavy atom. The molecule has 3 N–H and O–H groups in total. The van der Waals surface area contributed by atoms with Crippen LogP contribution in [0.2, 0.25) is 0 Å². The van der Waals surface area contributed by atoms with Gasteiger partial charge in [0.1, 0.15) is 12.4 Å². The van der Waals surface area contributed by atoms with Crippen LogP contribution in [0.4, 0.5) is 0 Å². The Hall–Kier alpha value is -1.65. The SMILES string of the molecule is Cc1ncc(CN(CCO)Cc2cc(C#CCO)cs2)[nH]1. The van der Waals surface area contributed by atoms with Gasteiger partial charge < -0.3 is 15.2 Å². The predicted octanol–water partition coefficient (Wildman–Crippen LogP) is 1.12. The number of aryl methyl sites for hydroxylation is 1. The first kappa shape index (κ1) is 15.7. The molecule has 6 heteroatoms. The molecule has 112 valence electrons. The van der Waals surface area contributed by atoms with E-state index in [-0.39, 0.29) is 13.2 Å². The van der Waals surface area contributed by atoms with Gasteiger partial charge in [-0.15, -0.1) is 11.3 Å². The van der Waals surface area contributed by atoms with Crippen molar-refractivity contribution < 1.29 is 10.2 Å². The summed E-state index contributed by atoms with van der Waals surface area (Å²) in [5.74, 6) is 6.44. The fourth-order valence-electron chi connectivity index (χ4n) is 2.04. The maximum atomic E-state index is 9.21. The summed E-state index contributed by atoms with van der Waals surface area (Å²) in [5.41, 5.74) is 1.96. The summed E-state index contributed by atoms with van der Waals surface area (Å²) in [7, 11) is 0. The van der Waals surface area contributed by atoms with Crippen molar-refractivity contribution in [3.05, 3.63) is 39.6 Å². The Bertz CT molecular complexity index is 624. The van der Waals surface area contributed by atoms with E-state index in [0.717, 1.165) is 30.2 Å². The third-order valence-corrected chi connectivity index (χ3v) is 3.83. The van der Waals surface area contributed by atoms with E-state index in [2.05, 4.69) is 26.7 Å². The molecule has 0 spiro atoms. The summed E-state index contributed by atoms with van der Waals surface area (Å²) < 4.78 is 0. The van der Waals surface area contributed by atoms with Crippen LogP contribution in [-0.4, -0.2) is 44.8 Å². The van der Waals surface area contributed by atoms with E-state index in [1.807, 2.05) is 24.6 Å². The molecule has 0 atom stereocenters. The van der Waals surface area contributed by atoms with Crippen LogP contribution in [0.1, 0.15) is 22.0 Å². The average molecular weight is 305 g/mol. The smallest absolute Gasteiger partial charge is 0.104 e. The number of aromatic nitrogens is 2. The summed E-state index contributed by atoms with van der Waals surface area (Å²) in [6.07, 6.45) is 1.83. The zero-order valence-electron chi connectivity index (χ0n) is 12.0. The summed E-state index contributed by atoms with van der Waals surface area (Å²) in [4.78, 5) is 10.7. The topological polar surface area (TPSA) is 72.4 Å². The molecule has 0 aromatic carbocycles. The highest BCUT2D eigenvalue weighted by molar-refractivity contribution is 7.10. The fourth-order valence-corrected chi connectivity index (χ4v) is 2.90. The zero-order valence-corrected chi connectivity index (χ0v) is 12.8. The largest absolute Gasteiger partial charge is 0.395 e. The van der Waals surface area contributed by atoms with Crippen molar-refractivity contribution in [2.45, 2.75) is 20.0 Å². The first-order valence-corrected chi connectivity index (χ1v) is 7.60. The van der Waals surface area contributed by atoms with Gasteiger partial charge in [0, 0.05) is 47.3 Å². The van der Waals surface area contributed by atoms with Gasteiger partial charge in [-0.25, -0.2) is 4.98 Å². The highest BCUT2D eigenvalue weighted by Gasteiger charge is 2.09. The van der Waals surface area contributed by atoms with Crippen molar-refractivity contribution in [3.63, 3.8) is 0 Å². The highest BCUT2D eigenvalue weighted by Crippen LogP contribution is 2.17. The Morgan fingerprint density at radius 3 is 2.90 bits per heavy atom. The average Bonchev–Trinajstić information content (AvgIpc) is 3.06. The number of aliphatic hydroxyl groups excluding tert-OH is 2. The standard InChI is InChI=1S/C15H19N3O2S/c1-12-16-8-14(17-12)9-18(4-6-20)10-15-7-13(11-21-15)3-2-5-19/h7-8,11,19-20H,4-6,9-10H2,1H3,(H,16,17). The monoisotopic (exact) mass is 305 g/mol. The Kier molecular flexibility index (Phi) is 5.96. The van der Waals surface area contributed by atoms with Gasteiger partial charge in [-0.1, -0.05) is 11.8 Å². The predicted molar refractivity (Wildman–Crippen MR) is 82.8 cm³/mol. The van der Waals surface area contributed by atoms with Crippen LogP contribution in [0.15, 0.2) is 17.6 Å². The van der Waals surface area contributed by atoms with Crippen molar-refractivity contribution in [2.75, 3.05) is 19.8 Å². The minimum atomic E-state index is -0.124. The van der Waals surface area contributed by atoms with E-state index in [0.29, 0.717) is 6.54 Å². The molecule has 2 aromatic rings. The van der Waals surface area contributed by atoms with Crippen LogP contribution in [0.5, 0.6) is 0 Å². The quantitative estimate of drug-likeness (QED) is 0.699. The third kappa shape index (κ3) is 4.99. The van der Waals surface area contributed by atoms with Gasteiger partial charge in [0.25, 0.3) is 0 Å². The lowest BCUT2D eigenvalue weighted by molar-refractivity contribution is 0.184. The van der Waals surface area contributed by atoms with Crippen LogP contribution < -0.4 is 0 Å². The lowest BCUT2D eigenvalue weighted by Gasteiger charge is -2.19. The van der Waals surface area contributed by atoms with Gasteiger partial charge >= 0.3 is 0 Å². The molecule has 0 radical (unpaired) electrons. The molecule has 21 heavy (non-hydrogen) atoms. The molecule has 0 saturated carbocycles. The van der Waals surface area contributed by atoms with Crippen molar-refractivity contribution in [1.29, 1.82) is 0 Å². The highest BCUT2D eigenvalue weighted by atomic mass is 32.1. The molecule has 0 aliphatic carbocycles. The molecule has 0 unspecified atom stereocenters. The Morgan fingerprint density at radius 2 is 2.24 bits per heavy atom. The van der Waals surface area contributed by atoms with E-state index in [1.54, 1.807) is 11.3 Å². The fraction of sp³-hybridized carbons (Fsp3) is 0.400. The van der Waals surface area contributed by atoms with Crippen molar-refractivity contribution >= 4 is 11.3 Å². The van der Waals surface area contributed by atoms with Crippen molar-refractivity contribution in [1.82, 2.24) is 14.9 Å². The van der Waals surface area contributed by atoms with Gasteiger partial charge in [0.2, 0.25) is 0 Å². The van der Waals surface area contributed by atoms with Gasteiger partial charge in [-0.2, -0.15) is 0 Å². The number of hydrogen-bond acceptors (Lipinski definition) is 5. The number of aliphatic hydroxyl groups is 2.